The zero-order chi connectivity index (χ0) is 15.2. The Morgan fingerprint density at radius 2 is 2.14 bits per heavy atom. The van der Waals surface area contributed by atoms with Crippen molar-refractivity contribution in [2.45, 2.75) is 13.3 Å². The lowest BCUT2D eigenvalue weighted by Crippen LogP contribution is -2.14. The van der Waals surface area contributed by atoms with Crippen molar-refractivity contribution in [2.75, 3.05) is 17.2 Å². The van der Waals surface area contributed by atoms with Gasteiger partial charge in [0.2, 0.25) is 0 Å². The summed E-state index contributed by atoms with van der Waals surface area (Å²) in [5.41, 5.74) is 1.79. The molecule has 0 fully saturated rings. The van der Waals surface area contributed by atoms with Gasteiger partial charge < -0.3 is 10.6 Å². The van der Waals surface area contributed by atoms with Crippen molar-refractivity contribution in [1.29, 1.82) is 0 Å². The van der Waals surface area contributed by atoms with Gasteiger partial charge >= 0.3 is 0 Å². The van der Waals surface area contributed by atoms with Gasteiger partial charge in [-0.25, -0.2) is 4.98 Å². The molecule has 0 atom stereocenters. The summed E-state index contributed by atoms with van der Waals surface area (Å²) in [5.74, 6) is -0.294. The highest BCUT2D eigenvalue weighted by Gasteiger charge is 2.10. The molecule has 0 aliphatic carbocycles. The summed E-state index contributed by atoms with van der Waals surface area (Å²) in [6.45, 7) is 2.96. The van der Waals surface area contributed by atoms with Crippen molar-refractivity contribution in [3.63, 3.8) is 0 Å². The number of benzene rings is 1. The Labute approximate surface area is 137 Å². The van der Waals surface area contributed by atoms with Crippen molar-refractivity contribution < 1.29 is 4.79 Å². The van der Waals surface area contributed by atoms with Crippen LogP contribution in [-0.2, 0) is 0 Å². The maximum absolute atomic E-state index is 12.1. The Kier molecular flexibility index (Phi) is 5.59. The van der Waals surface area contributed by atoms with Crippen molar-refractivity contribution in [1.82, 2.24) is 4.98 Å². The van der Waals surface area contributed by atoms with Gasteiger partial charge in [0.1, 0.15) is 5.69 Å². The topological polar surface area (TPSA) is 54.0 Å². The number of amides is 1. The zero-order valence-corrected chi connectivity index (χ0v) is 13.8. The molecule has 110 valence electrons. The van der Waals surface area contributed by atoms with Gasteiger partial charge in [-0.2, -0.15) is 0 Å². The molecular weight excluding hydrogens is 354 g/mol. The van der Waals surface area contributed by atoms with E-state index in [1.165, 1.54) is 0 Å². The van der Waals surface area contributed by atoms with E-state index >= 15 is 0 Å². The number of pyridine rings is 1. The van der Waals surface area contributed by atoms with E-state index in [1.807, 2.05) is 12.1 Å². The number of anilines is 2. The van der Waals surface area contributed by atoms with Crippen LogP contribution in [0.2, 0.25) is 5.02 Å². The van der Waals surface area contributed by atoms with Crippen LogP contribution in [0.25, 0.3) is 0 Å². The van der Waals surface area contributed by atoms with Crippen LogP contribution in [0.4, 0.5) is 11.4 Å². The maximum Gasteiger partial charge on any atom is 0.274 e. The van der Waals surface area contributed by atoms with Crippen LogP contribution in [0.5, 0.6) is 0 Å². The molecule has 1 aromatic heterocycles. The summed E-state index contributed by atoms with van der Waals surface area (Å²) in [6.07, 6.45) is 2.68. The molecule has 0 saturated carbocycles. The van der Waals surface area contributed by atoms with Gasteiger partial charge in [0.25, 0.3) is 5.91 Å². The highest BCUT2D eigenvalue weighted by Crippen LogP contribution is 2.26. The molecule has 1 amide bonds. The Balaban J connectivity index is 2.07. The Morgan fingerprint density at radius 1 is 1.33 bits per heavy atom. The summed E-state index contributed by atoms with van der Waals surface area (Å²) in [7, 11) is 0. The first-order valence-corrected chi connectivity index (χ1v) is 7.73. The minimum atomic E-state index is -0.294. The standard InChI is InChI=1S/C15H15BrClN3O/c1-2-7-18-11-4-6-13(19-9-11)15(21)20-14-8-10(16)3-5-12(14)17/h3-6,8-9,18H,2,7H2,1H3,(H,20,21). The fourth-order valence-corrected chi connectivity index (χ4v) is 2.21. The van der Waals surface area contributed by atoms with Crippen LogP contribution >= 0.6 is 27.5 Å². The summed E-state index contributed by atoms with van der Waals surface area (Å²) in [6, 6.07) is 8.79. The van der Waals surface area contributed by atoms with Gasteiger partial charge in [-0.3, -0.25) is 4.79 Å². The fourth-order valence-electron chi connectivity index (χ4n) is 1.68. The lowest BCUT2D eigenvalue weighted by molar-refractivity contribution is 0.102. The highest BCUT2D eigenvalue weighted by molar-refractivity contribution is 9.10. The van der Waals surface area contributed by atoms with Crippen LogP contribution in [-0.4, -0.2) is 17.4 Å². The summed E-state index contributed by atoms with van der Waals surface area (Å²) >= 11 is 9.39. The average Bonchev–Trinajstić information content (AvgIpc) is 2.49. The number of carbonyl (C=O) groups excluding carboxylic acids is 1. The molecular formula is C15H15BrClN3O. The highest BCUT2D eigenvalue weighted by atomic mass is 79.9. The average molecular weight is 369 g/mol. The van der Waals surface area contributed by atoms with Crippen molar-refractivity contribution >= 4 is 44.8 Å². The van der Waals surface area contributed by atoms with Gasteiger partial charge in [0.15, 0.2) is 0 Å². The lowest BCUT2D eigenvalue weighted by Gasteiger charge is -2.08. The predicted octanol–water partition coefficient (Wildman–Crippen LogP) is 4.57. The number of hydrogen-bond donors (Lipinski definition) is 2. The molecule has 21 heavy (non-hydrogen) atoms. The molecule has 6 heteroatoms. The van der Waals surface area contributed by atoms with Gasteiger partial charge in [0.05, 0.1) is 22.6 Å². The van der Waals surface area contributed by atoms with E-state index in [0.717, 1.165) is 23.1 Å². The van der Waals surface area contributed by atoms with Crippen LogP contribution < -0.4 is 10.6 Å². The minimum Gasteiger partial charge on any atom is -0.384 e. The number of carbonyl (C=O) groups is 1. The first-order chi connectivity index (χ1) is 10.1. The Morgan fingerprint density at radius 3 is 2.81 bits per heavy atom. The number of rotatable bonds is 5. The molecule has 0 spiro atoms. The van der Waals surface area contributed by atoms with E-state index in [2.05, 4.69) is 38.5 Å². The molecule has 2 rings (SSSR count). The molecule has 0 bridgehead atoms. The van der Waals surface area contributed by atoms with Gasteiger partial charge in [-0.1, -0.05) is 34.5 Å². The van der Waals surface area contributed by atoms with Gasteiger partial charge in [-0.05, 0) is 36.8 Å². The normalized spacial score (nSPS) is 10.2. The first-order valence-electron chi connectivity index (χ1n) is 6.56. The second-order valence-corrected chi connectivity index (χ2v) is 5.76. The van der Waals surface area contributed by atoms with Crippen molar-refractivity contribution in [3.05, 3.63) is 51.7 Å². The van der Waals surface area contributed by atoms with E-state index in [9.17, 15) is 4.79 Å². The number of halogens is 2. The molecule has 0 radical (unpaired) electrons. The van der Waals surface area contributed by atoms with E-state index in [-0.39, 0.29) is 5.91 Å². The minimum absolute atomic E-state index is 0.294. The molecule has 1 heterocycles. The summed E-state index contributed by atoms with van der Waals surface area (Å²) in [5, 5.41) is 6.43. The molecule has 0 aliphatic heterocycles. The third-order valence-corrected chi connectivity index (χ3v) is 3.57. The second-order valence-electron chi connectivity index (χ2n) is 4.44. The van der Waals surface area contributed by atoms with Gasteiger partial charge in [0, 0.05) is 11.0 Å². The number of aromatic nitrogens is 1. The molecule has 4 nitrogen and oxygen atoms in total. The van der Waals surface area contributed by atoms with Gasteiger partial charge in [-0.15, -0.1) is 0 Å². The largest absolute Gasteiger partial charge is 0.384 e. The number of nitrogens with one attached hydrogen (secondary N) is 2. The predicted molar refractivity (Wildman–Crippen MR) is 90.1 cm³/mol. The quantitative estimate of drug-likeness (QED) is 0.812. The second kappa shape index (κ2) is 7.43. The molecule has 1 aromatic carbocycles. The molecule has 0 unspecified atom stereocenters. The van der Waals surface area contributed by atoms with Crippen LogP contribution in [0.15, 0.2) is 41.0 Å². The first kappa shape index (κ1) is 15.8. The molecule has 2 aromatic rings. The van der Waals surface area contributed by atoms with Crippen LogP contribution in [0.3, 0.4) is 0 Å². The van der Waals surface area contributed by atoms with Crippen LogP contribution in [0, 0.1) is 0 Å². The smallest absolute Gasteiger partial charge is 0.274 e. The summed E-state index contributed by atoms with van der Waals surface area (Å²) < 4.78 is 0.842. The Hall–Kier alpha value is -1.59. The lowest BCUT2D eigenvalue weighted by atomic mass is 10.2. The Bertz CT molecular complexity index is 631. The van der Waals surface area contributed by atoms with E-state index in [4.69, 9.17) is 11.6 Å². The summed E-state index contributed by atoms with van der Waals surface area (Å²) in [4.78, 5) is 16.3. The van der Waals surface area contributed by atoms with E-state index in [0.29, 0.717) is 16.4 Å². The molecule has 0 aliphatic rings. The fraction of sp³-hybridized carbons (Fsp3) is 0.200. The maximum atomic E-state index is 12.1. The zero-order valence-electron chi connectivity index (χ0n) is 11.5. The number of hydrogen-bond acceptors (Lipinski definition) is 3. The van der Waals surface area contributed by atoms with Crippen LogP contribution in [0.1, 0.15) is 23.8 Å². The number of nitrogens with zero attached hydrogens (tertiary/aromatic N) is 1. The third-order valence-electron chi connectivity index (χ3n) is 2.75. The third kappa shape index (κ3) is 4.44. The van der Waals surface area contributed by atoms with Crippen molar-refractivity contribution in [2.24, 2.45) is 0 Å². The molecule has 2 N–H and O–H groups in total. The van der Waals surface area contributed by atoms with Crippen molar-refractivity contribution in [3.8, 4) is 0 Å². The SMILES string of the molecule is CCCNc1ccc(C(=O)Nc2cc(Br)ccc2Cl)nc1. The van der Waals surface area contributed by atoms with E-state index < -0.39 is 0 Å². The monoisotopic (exact) mass is 367 g/mol. The van der Waals surface area contributed by atoms with E-state index in [1.54, 1.807) is 24.4 Å². The molecule has 0 saturated heterocycles.